The molecule has 2 heterocycles. The van der Waals surface area contributed by atoms with Crippen LogP contribution in [0.2, 0.25) is 0 Å². The number of amidine groups is 1. The van der Waals surface area contributed by atoms with Crippen molar-refractivity contribution in [3.05, 3.63) is 18.1 Å². The zero-order valence-corrected chi connectivity index (χ0v) is 15.0. The molecular formula is C16H24N6O2S. The topological polar surface area (TPSA) is 94.9 Å². The number of hydrogen-bond acceptors (Lipinski definition) is 6. The number of rotatable bonds is 3. The summed E-state index contributed by atoms with van der Waals surface area (Å²) in [6, 6.07) is 0.357. The first kappa shape index (κ1) is 18.0. The maximum atomic E-state index is 9.47. The Morgan fingerprint density at radius 2 is 2.00 bits per heavy atom. The average molecular weight is 364 g/mol. The molecule has 0 bridgehead atoms. The van der Waals surface area contributed by atoms with Crippen LogP contribution in [0, 0.1) is 0 Å². The van der Waals surface area contributed by atoms with Crippen LogP contribution >= 0.6 is 12.2 Å². The van der Waals surface area contributed by atoms with Gasteiger partial charge in [0.25, 0.3) is 0 Å². The number of hydrogen-bond donors (Lipinski definition) is 3. The Bertz CT molecular complexity index is 614. The van der Waals surface area contributed by atoms with Gasteiger partial charge in [-0.1, -0.05) is 19.3 Å². The van der Waals surface area contributed by atoms with Gasteiger partial charge in [0.15, 0.2) is 10.9 Å². The third-order valence-electron chi connectivity index (χ3n) is 4.45. The second-order valence-corrected chi connectivity index (χ2v) is 6.61. The minimum Gasteiger partial charge on any atom is -0.378 e. The van der Waals surface area contributed by atoms with Gasteiger partial charge in [0.05, 0.1) is 25.6 Å². The maximum absolute atomic E-state index is 9.47. The minimum absolute atomic E-state index is 0.191. The molecule has 1 saturated carbocycles. The number of aromatic nitrogens is 2. The summed E-state index contributed by atoms with van der Waals surface area (Å²) in [6.07, 6.45) is 9.15. The van der Waals surface area contributed by atoms with Gasteiger partial charge in [0, 0.05) is 19.1 Å². The molecule has 3 rings (SSSR count). The first-order valence-electron chi connectivity index (χ1n) is 8.70. The monoisotopic (exact) mass is 364 g/mol. The maximum Gasteiger partial charge on any atom is 0.195 e. The Morgan fingerprint density at radius 3 is 2.72 bits per heavy atom. The standard InChI is InChI=1S/C16H24N6O2S/c23-21-15(20-16(25)18-12-4-2-1-3-5-12)13-10-17-11-14(19-13)22-6-8-24-9-7-22/h10-12,23H,1-9H2,(H2,18,20,21,25). The Kier molecular flexibility index (Phi) is 6.48. The molecular weight excluding hydrogens is 340 g/mol. The molecule has 0 radical (unpaired) electrons. The van der Waals surface area contributed by atoms with Gasteiger partial charge < -0.3 is 15.0 Å². The third kappa shape index (κ3) is 5.07. The van der Waals surface area contributed by atoms with Crippen molar-refractivity contribution in [2.24, 2.45) is 4.99 Å². The van der Waals surface area contributed by atoms with E-state index in [0.717, 1.165) is 31.7 Å². The van der Waals surface area contributed by atoms with Crippen LogP contribution in [0.15, 0.2) is 17.4 Å². The van der Waals surface area contributed by atoms with Crippen LogP contribution in [0.5, 0.6) is 0 Å². The van der Waals surface area contributed by atoms with Gasteiger partial charge in [-0.15, -0.1) is 0 Å². The average Bonchev–Trinajstić information content (AvgIpc) is 2.68. The molecule has 2 fully saturated rings. The van der Waals surface area contributed by atoms with E-state index in [4.69, 9.17) is 17.0 Å². The zero-order valence-electron chi connectivity index (χ0n) is 14.1. The molecule has 1 aromatic heterocycles. The van der Waals surface area contributed by atoms with Crippen molar-refractivity contribution < 1.29 is 9.94 Å². The van der Waals surface area contributed by atoms with Crippen LogP contribution in [-0.2, 0) is 4.74 Å². The van der Waals surface area contributed by atoms with Gasteiger partial charge in [-0.3, -0.25) is 15.7 Å². The van der Waals surface area contributed by atoms with Gasteiger partial charge >= 0.3 is 0 Å². The summed E-state index contributed by atoms with van der Waals surface area (Å²) in [7, 11) is 0. The summed E-state index contributed by atoms with van der Waals surface area (Å²) in [4.78, 5) is 15.1. The van der Waals surface area contributed by atoms with Crippen LogP contribution in [0.1, 0.15) is 37.8 Å². The third-order valence-corrected chi connectivity index (χ3v) is 4.66. The molecule has 0 aromatic carbocycles. The second kappa shape index (κ2) is 9.02. The quantitative estimate of drug-likeness (QED) is 0.319. The molecule has 2 aliphatic rings. The fourth-order valence-corrected chi connectivity index (χ4v) is 3.37. The van der Waals surface area contributed by atoms with E-state index in [0.29, 0.717) is 30.1 Å². The van der Waals surface area contributed by atoms with E-state index in [2.05, 4.69) is 30.7 Å². The van der Waals surface area contributed by atoms with Crippen molar-refractivity contribution in [3.63, 3.8) is 0 Å². The van der Waals surface area contributed by atoms with Crippen LogP contribution < -0.4 is 15.7 Å². The van der Waals surface area contributed by atoms with Gasteiger partial charge in [0.1, 0.15) is 11.5 Å². The van der Waals surface area contributed by atoms with Crippen molar-refractivity contribution in [1.29, 1.82) is 0 Å². The van der Waals surface area contributed by atoms with E-state index in [-0.39, 0.29) is 5.84 Å². The largest absolute Gasteiger partial charge is 0.378 e. The fraction of sp³-hybridized carbons (Fsp3) is 0.625. The highest BCUT2D eigenvalue weighted by Crippen LogP contribution is 2.17. The fourth-order valence-electron chi connectivity index (χ4n) is 3.11. The van der Waals surface area contributed by atoms with Crippen molar-refractivity contribution in [2.45, 2.75) is 38.1 Å². The number of nitrogens with zero attached hydrogens (tertiary/aromatic N) is 4. The van der Waals surface area contributed by atoms with E-state index in [1.807, 2.05) is 0 Å². The summed E-state index contributed by atoms with van der Waals surface area (Å²) in [5.74, 6) is 0.922. The van der Waals surface area contributed by atoms with E-state index in [9.17, 15) is 5.21 Å². The van der Waals surface area contributed by atoms with Crippen LogP contribution in [0.25, 0.3) is 0 Å². The lowest BCUT2D eigenvalue weighted by Gasteiger charge is -2.27. The number of thiocarbonyl (C=S) groups is 1. The molecule has 0 unspecified atom stereocenters. The van der Waals surface area contributed by atoms with Crippen molar-refractivity contribution in [2.75, 3.05) is 31.2 Å². The summed E-state index contributed by atoms with van der Waals surface area (Å²) in [6.45, 7) is 2.86. The number of nitrogens with one attached hydrogen (secondary N) is 2. The lowest BCUT2D eigenvalue weighted by atomic mass is 9.96. The molecule has 1 aromatic rings. The van der Waals surface area contributed by atoms with Crippen LogP contribution in [0.3, 0.4) is 0 Å². The predicted molar refractivity (Wildman–Crippen MR) is 99.1 cm³/mol. The number of anilines is 1. The summed E-state index contributed by atoms with van der Waals surface area (Å²) in [5.41, 5.74) is 2.54. The summed E-state index contributed by atoms with van der Waals surface area (Å²) < 4.78 is 5.35. The molecule has 0 atom stereocenters. The van der Waals surface area contributed by atoms with E-state index in [1.165, 1.54) is 19.3 Å². The highest BCUT2D eigenvalue weighted by atomic mass is 32.1. The Labute approximate surface area is 152 Å². The lowest BCUT2D eigenvalue weighted by molar-refractivity contribution is 0.122. The molecule has 1 saturated heterocycles. The molecule has 25 heavy (non-hydrogen) atoms. The van der Waals surface area contributed by atoms with E-state index < -0.39 is 0 Å². The minimum atomic E-state index is 0.191. The molecule has 1 aliphatic heterocycles. The molecule has 1 aliphatic carbocycles. The number of morpholine rings is 1. The molecule has 136 valence electrons. The molecule has 0 amide bonds. The first-order valence-corrected chi connectivity index (χ1v) is 9.11. The number of ether oxygens (including phenoxy) is 1. The van der Waals surface area contributed by atoms with Crippen LogP contribution in [-0.4, -0.2) is 58.5 Å². The lowest BCUT2D eigenvalue weighted by Crippen LogP contribution is -2.37. The Balaban J connectivity index is 1.69. The van der Waals surface area contributed by atoms with E-state index >= 15 is 0 Å². The second-order valence-electron chi connectivity index (χ2n) is 6.22. The van der Waals surface area contributed by atoms with Crippen LogP contribution in [0.4, 0.5) is 5.82 Å². The highest BCUT2D eigenvalue weighted by Gasteiger charge is 2.17. The number of hydroxylamine groups is 1. The van der Waals surface area contributed by atoms with Crippen molar-refractivity contribution in [1.82, 2.24) is 20.8 Å². The molecule has 8 nitrogen and oxygen atoms in total. The van der Waals surface area contributed by atoms with Gasteiger partial charge in [0.2, 0.25) is 0 Å². The summed E-state index contributed by atoms with van der Waals surface area (Å²) >= 11 is 5.31. The SMILES string of the molecule is ON/C(=N\C(=S)NC1CCCCC1)c1cncc(N2CCOCC2)n1. The van der Waals surface area contributed by atoms with Gasteiger partial charge in [-0.05, 0) is 25.1 Å². The first-order chi connectivity index (χ1) is 12.3. The predicted octanol–water partition coefficient (Wildman–Crippen LogP) is 1.25. The highest BCUT2D eigenvalue weighted by molar-refractivity contribution is 7.80. The van der Waals surface area contributed by atoms with Crippen molar-refractivity contribution >= 4 is 29.0 Å². The Morgan fingerprint density at radius 1 is 1.24 bits per heavy atom. The molecule has 3 N–H and O–H groups in total. The smallest absolute Gasteiger partial charge is 0.195 e. The normalized spacial score (nSPS) is 19.6. The van der Waals surface area contributed by atoms with Gasteiger partial charge in [-0.2, -0.15) is 4.99 Å². The van der Waals surface area contributed by atoms with E-state index in [1.54, 1.807) is 12.4 Å². The molecule has 0 spiro atoms. The summed E-state index contributed by atoms with van der Waals surface area (Å²) in [5, 5.41) is 13.1. The molecule has 9 heteroatoms. The zero-order chi connectivity index (χ0) is 17.5. The number of aliphatic imine (C=N–C) groups is 1. The Hall–Kier alpha value is -1.84. The van der Waals surface area contributed by atoms with Crippen molar-refractivity contribution in [3.8, 4) is 0 Å². The van der Waals surface area contributed by atoms with Gasteiger partial charge in [-0.25, -0.2) is 4.98 Å².